The third kappa shape index (κ3) is 4.68. The molecule has 0 fully saturated rings. The van der Waals surface area contributed by atoms with Gasteiger partial charge in [-0.05, 0) is 55.7 Å². The van der Waals surface area contributed by atoms with Gasteiger partial charge >= 0.3 is 5.63 Å². The Morgan fingerprint density at radius 1 is 1.07 bits per heavy atom. The van der Waals surface area contributed by atoms with Gasteiger partial charge in [0.15, 0.2) is 0 Å². The zero-order valence-corrected chi connectivity index (χ0v) is 17.4. The Kier molecular flexibility index (Phi) is 6.20. The molecular formula is C23H24N2O5. The Hall–Kier alpha value is -3.61. The van der Waals surface area contributed by atoms with Crippen molar-refractivity contribution in [3.8, 4) is 5.75 Å². The van der Waals surface area contributed by atoms with Crippen LogP contribution in [0.3, 0.4) is 0 Å². The third-order valence-corrected chi connectivity index (χ3v) is 4.93. The van der Waals surface area contributed by atoms with Gasteiger partial charge in [0.2, 0.25) is 11.8 Å². The van der Waals surface area contributed by atoms with E-state index < -0.39 is 5.63 Å². The molecule has 0 aliphatic carbocycles. The van der Waals surface area contributed by atoms with E-state index in [9.17, 15) is 14.4 Å². The highest BCUT2D eigenvalue weighted by atomic mass is 16.5. The van der Waals surface area contributed by atoms with Gasteiger partial charge in [-0.1, -0.05) is 6.07 Å². The van der Waals surface area contributed by atoms with E-state index in [0.717, 1.165) is 16.5 Å². The second-order valence-corrected chi connectivity index (χ2v) is 7.11. The fraction of sp³-hybridized carbons (Fsp3) is 0.261. The monoisotopic (exact) mass is 408 g/mol. The molecule has 0 saturated carbocycles. The molecule has 0 unspecified atom stereocenters. The van der Waals surface area contributed by atoms with Gasteiger partial charge < -0.3 is 19.8 Å². The van der Waals surface area contributed by atoms with Crippen molar-refractivity contribution in [2.75, 3.05) is 17.7 Å². The van der Waals surface area contributed by atoms with Crippen LogP contribution in [0.4, 0.5) is 11.4 Å². The number of anilines is 2. The molecule has 0 bridgehead atoms. The number of amides is 2. The van der Waals surface area contributed by atoms with E-state index in [2.05, 4.69) is 10.6 Å². The summed E-state index contributed by atoms with van der Waals surface area (Å²) in [5.74, 6) is 0.188. The van der Waals surface area contributed by atoms with Crippen molar-refractivity contribution < 1.29 is 18.7 Å². The number of hydrogen-bond acceptors (Lipinski definition) is 5. The van der Waals surface area contributed by atoms with Crippen molar-refractivity contribution in [2.45, 2.75) is 33.6 Å². The number of carbonyl (C=O) groups is 2. The molecule has 2 amide bonds. The highest BCUT2D eigenvalue weighted by molar-refractivity contribution is 5.94. The predicted octanol–water partition coefficient (Wildman–Crippen LogP) is 3.95. The molecule has 0 aliphatic rings. The van der Waals surface area contributed by atoms with Crippen LogP contribution in [0.25, 0.3) is 11.0 Å². The van der Waals surface area contributed by atoms with E-state index in [1.807, 2.05) is 26.0 Å². The molecule has 7 nitrogen and oxygen atoms in total. The number of fused-ring (bicyclic) bond motifs is 1. The highest BCUT2D eigenvalue weighted by Crippen LogP contribution is 2.25. The van der Waals surface area contributed by atoms with E-state index >= 15 is 0 Å². The maximum atomic E-state index is 12.4. The Bertz CT molecular complexity index is 1180. The van der Waals surface area contributed by atoms with Gasteiger partial charge in [-0.3, -0.25) is 9.59 Å². The van der Waals surface area contributed by atoms with E-state index in [4.69, 9.17) is 9.15 Å². The number of ether oxygens (including phenoxy) is 1. The molecule has 0 spiro atoms. The zero-order valence-electron chi connectivity index (χ0n) is 17.4. The van der Waals surface area contributed by atoms with E-state index in [1.165, 1.54) is 6.92 Å². The molecule has 0 radical (unpaired) electrons. The van der Waals surface area contributed by atoms with Crippen molar-refractivity contribution in [1.29, 1.82) is 0 Å². The number of benzene rings is 2. The Balaban J connectivity index is 1.74. The standard InChI is InChI=1S/C23H24N2O5/c1-13-5-6-16(11-20(13)24-15(3)26)25-22(27)10-9-19-14(2)18-8-7-17(29-4)12-21(18)30-23(19)28/h5-8,11-12H,9-10H2,1-4H3,(H,24,26)(H,25,27). The van der Waals surface area contributed by atoms with Crippen LogP contribution in [0.15, 0.2) is 45.6 Å². The average Bonchev–Trinajstić information content (AvgIpc) is 2.69. The SMILES string of the molecule is COc1ccc2c(C)c(CCC(=O)Nc3ccc(C)c(NC(C)=O)c3)c(=O)oc2c1. The van der Waals surface area contributed by atoms with Gasteiger partial charge in [-0.2, -0.15) is 0 Å². The number of aryl methyl sites for hydroxylation is 2. The minimum atomic E-state index is -0.454. The first kappa shape index (κ1) is 21.1. The van der Waals surface area contributed by atoms with Gasteiger partial charge in [0.05, 0.1) is 7.11 Å². The summed E-state index contributed by atoms with van der Waals surface area (Å²) >= 11 is 0. The lowest BCUT2D eigenvalue weighted by Gasteiger charge is -2.11. The largest absolute Gasteiger partial charge is 0.497 e. The lowest BCUT2D eigenvalue weighted by molar-refractivity contribution is -0.116. The summed E-state index contributed by atoms with van der Waals surface area (Å²) in [6.07, 6.45) is 0.378. The van der Waals surface area contributed by atoms with Crippen molar-refractivity contribution in [3.05, 3.63) is 63.5 Å². The minimum Gasteiger partial charge on any atom is -0.497 e. The first-order valence-corrected chi connectivity index (χ1v) is 9.57. The Labute approximate surface area is 174 Å². The van der Waals surface area contributed by atoms with Gasteiger partial charge in [0.1, 0.15) is 11.3 Å². The van der Waals surface area contributed by atoms with Gasteiger partial charge in [0, 0.05) is 41.7 Å². The molecule has 2 N–H and O–H groups in total. The number of nitrogens with one attached hydrogen (secondary N) is 2. The van der Waals surface area contributed by atoms with Crippen LogP contribution in [0, 0.1) is 13.8 Å². The van der Waals surface area contributed by atoms with Gasteiger partial charge in [0.25, 0.3) is 0 Å². The molecule has 0 aliphatic heterocycles. The smallest absolute Gasteiger partial charge is 0.339 e. The van der Waals surface area contributed by atoms with Crippen molar-refractivity contribution in [2.24, 2.45) is 0 Å². The van der Waals surface area contributed by atoms with Crippen LogP contribution in [0.2, 0.25) is 0 Å². The molecule has 3 aromatic rings. The zero-order chi connectivity index (χ0) is 21.8. The summed E-state index contributed by atoms with van der Waals surface area (Å²) in [5.41, 5.74) is 3.37. The summed E-state index contributed by atoms with van der Waals surface area (Å²) in [6, 6.07) is 10.6. The van der Waals surface area contributed by atoms with E-state index in [0.29, 0.717) is 28.3 Å². The first-order valence-electron chi connectivity index (χ1n) is 9.57. The molecule has 2 aromatic carbocycles. The minimum absolute atomic E-state index is 0.122. The second kappa shape index (κ2) is 8.82. The third-order valence-electron chi connectivity index (χ3n) is 4.93. The predicted molar refractivity (Wildman–Crippen MR) is 116 cm³/mol. The van der Waals surface area contributed by atoms with Crippen LogP contribution < -0.4 is 21.0 Å². The molecule has 156 valence electrons. The molecule has 1 aromatic heterocycles. The topological polar surface area (TPSA) is 97.6 Å². The molecule has 7 heteroatoms. The summed E-state index contributed by atoms with van der Waals surface area (Å²) in [7, 11) is 1.55. The summed E-state index contributed by atoms with van der Waals surface area (Å²) in [6.45, 7) is 5.14. The highest BCUT2D eigenvalue weighted by Gasteiger charge is 2.14. The molecule has 0 atom stereocenters. The number of rotatable bonds is 6. The fourth-order valence-corrected chi connectivity index (χ4v) is 3.28. The molecule has 1 heterocycles. The second-order valence-electron chi connectivity index (χ2n) is 7.11. The molecule has 3 rings (SSSR count). The average molecular weight is 408 g/mol. The van der Waals surface area contributed by atoms with Crippen molar-refractivity contribution in [1.82, 2.24) is 0 Å². The number of methoxy groups -OCH3 is 1. The van der Waals surface area contributed by atoms with Crippen LogP contribution in [0.1, 0.15) is 30.0 Å². The normalized spacial score (nSPS) is 10.7. The summed E-state index contributed by atoms with van der Waals surface area (Å²) < 4.78 is 10.6. The molecule has 30 heavy (non-hydrogen) atoms. The van der Waals surface area contributed by atoms with Crippen molar-refractivity contribution in [3.63, 3.8) is 0 Å². The van der Waals surface area contributed by atoms with E-state index in [1.54, 1.807) is 31.4 Å². The lowest BCUT2D eigenvalue weighted by Crippen LogP contribution is -2.17. The van der Waals surface area contributed by atoms with Gasteiger partial charge in [-0.15, -0.1) is 0 Å². The fourth-order valence-electron chi connectivity index (χ4n) is 3.28. The Morgan fingerprint density at radius 3 is 2.53 bits per heavy atom. The summed E-state index contributed by atoms with van der Waals surface area (Å²) in [4.78, 5) is 36.2. The first-order chi connectivity index (χ1) is 14.3. The van der Waals surface area contributed by atoms with Crippen LogP contribution in [-0.4, -0.2) is 18.9 Å². The van der Waals surface area contributed by atoms with Crippen LogP contribution in [0.5, 0.6) is 5.75 Å². The lowest BCUT2D eigenvalue weighted by atomic mass is 10.0. The number of hydrogen-bond donors (Lipinski definition) is 2. The van der Waals surface area contributed by atoms with Crippen molar-refractivity contribution >= 4 is 34.2 Å². The van der Waals surface area contributed by atoms with Crippen LogP contribution >= 0.6 is 0 Å². The molecule has 0 saturated heterocycles. The maximum Gasteiger partial charge on any atom is 0.339 e. The van der Waals surface area contributed by atoms with Gasteiger partial charge in [-0.25, -0.2) is 4.79 Å². The maximum absolute atomic E-state index is 12.4. The number of carbonyl (C=O) groups excluding carboxylic acids is 2. The molecular weight excluding hydrogens is 384 g/mol. The Morgan fingerprint density at radius 2 is 1.83 bits per heavy atom. The van der Waals surface area contributed by atoms with E-state index in [-0.39, 0.29) is 24.7 Å². The summed E-state index contributed by atoms with van der Waals surface area (Å²) in [5, 5.41) is 6.35. The quantitative estimate of drug-likeness (QED) is 0.602. The van der Waals surface area contributed by atoms with Crippen LogP contribution in [-0.2, 0) is 16.0 Å².